The summed E-state index contributed by atoms with van der Waals surface area (Å²) in [7, 11) is -3.59. The lowest BCUT2D eigenvalue weighted by atomic mass is 10.1. The third-order valence-electron chi connectivity index (χ3n) is 2.90. The predicted molar refractivity (Wildman–Crippen MR) is 91.9 cm³/mol. The van der Waals surface area contributed by atoms with E-state index in [1.165, 1.54) is 12.1 Å². The van der Waals surface area contributed by atoms with Crippen molar-refractivity contribution in [3.8, 4) is 11.8 Å². The van der Waals surface area contributed by atoms with Gasteiger partial charge in [0.15, 0.2) is 0 Å². The highest BCUT2D eigenvalue weighted by molar-refractivity contribution is 9.10. The lowest BCUT2D eigenvalue weighted by Gasteiger charge is -2.08. The van der Waals surface area contributed by atoms with Gasteiger partial charge in [0.05, 0.1) is 17.9 Å². The van der Waals surface area contributed by atoms with E-state index >= 15 is 0 Å². The van der Waals surface area contributed by atoms with Crippen LogP contribution in [0.1, 0.15) is 21.5 Å². The Morgan fingerprint density at radius 3 is 2.50 bits per heavy atom. The number of carbonyl (C=O) groups is 1. The number of hydrogen-bond donors (Lipinski definition) is 1. The second-order valence-electron chi connectivity index (χ2n) is 4.98. The van der Waals surface area contributed by atoms with Crippen molar-refractivity contribution in [2.75, 3.05) is 6.26 Å². The van der Waals surface area contributed by atoms with Gasteiger partial charge < -0.3 is 4.74 Å². The number of benzene rings is 2. The standard InChI is InChI=1S/C16H13BrN2O4S/c1-24(21,22)19-16(20)13-4-2-11(3-5-13)10-23-15-7-12(9-18)6-14(17)8-15/h2-8H,10H2,1H3,(H,19,20). The number of hydrogen-bond acceptors (Lipinski definition) is 5. The van der Waals surface area contributed by atoms with Crippen LogP contribution >= 0.6 is 15.9 Å². The molecule has 0 radical (unpaired) electrons. The second-order valence-corrected chi connectivity index (χ2v) is 7.64. The zero-order valence-corrected chi connectivity index (χ0v) is 15.0. The van der Waals surface area contributed by atoms with Crippen LogP contribution in [0.25, 0.3) is 0 Å². The van der Waals surface area contributed by atoms with Gasteiger partial charge in [0.25, 0.3) is 5.91 Å². The van der Waals surface area contributed by atoms with E-state index < -0.39 is 15.9 Å². The molecule has 24 heavy (non-hydrogen) atoms. The number of halogens is 1. The zero-order chi connectivity index (χ0) is 17.7. The number of ether oxygens (including phenoxy) is 1. The molecule has 0 spiro atoms. The van der Waals surface area contributed by atoms with Gasteiger partial charge in [-0.1, -0.05) is 28.1 Å². The lowest BCUT2D eigenvalue weighted by molar-refractivity contribution is 0.0981. The molecular formula is C16H13BrN2O4S. The first-order valence-corrected chi connectivity index (χ1v) is 9.40. The Morgan fingerprint density at radius 1 is 1.25 bits per heavy atom. The summed E-state index contributed by atoms with van der Waals surface area (Å²) in [5, 5.41) is 8.93. The maximum Gasteiger partial charge on any atom is 0.264 e. The normalized spacial score (nSPS) is 10.7. The van der Waals surface area contributed by atoms with Crippen LogP contribution < -0.4 is 9.46 Å². The molecule has 0 aromatic heterocycles. The molecule has 0 atom stereocenters. The number of sulfonamides is 1. The van der Waals surface area contributed by atoms with E-state index in [1.807, 2.05) is 10.8 Å². The zero-order valence-electron chi connectivity index (χ0n) is 12.6. The Hall–Kier alpha value is -2.37. The Morgan fingerprint density at radius 2 is 1.92 bits per heavy atom. The summed E-state index contributed by atoms with van der Waals surface area (Å²) in [4.78, 5) is 11.7. The van der Waals surface area contributed by atoms with E-state index in [2.05, 4.69) is 15.9 Å². The number of carbonyl (C=O) groups excluding carboxylic acids is 1. The lowest BCUT2D eigenvalue weighted by Crippen LogP contribution is -2.29. The molecule has 0 saturated heterocycles. The van der Waals surface area contributed by atoms with Crippen LogP contribution in [0.4, 0.5) is 0 Å². The van der Waals surface area contributed by atoms with Crippen molar-refractivity contribution in [2.45, 2.75) is 6.61 Å². The average Bonchev–Trinajstić information content (AvgIpc) is 2.51. The first-order valence-electron chi connectivity index (χ1n) is 6.71. The van der Waals surface area contributed by atoms with Gasteiger partial charge in [-0.2, -0.15) is 5.26 Å². The Balaban J connectivity index is 2.03. The molecule has 0 bridgehead atoms. The summed E-state index contributed by atoms with van der Waals surface area (Å²) in [5.74, 6) is -0.143. The van der Waals surface area contributed by atoms with E-state index in [9.17, 15) is 13.2 Å². The molecule has 6 nitrogen and oxygen atoms in total. The van der Waals surface area contributed by atoms with Crippen LogP contribution in [0.2, 0.25) is 0 Å². The molecule has 0 heterocycles. The molecular weight excluding hydrogens is 396 g/mol. The molecule has 2 rings (SSSR count). The topological polar surface area (TPSA) is 96.3 Å². The van der Waals surface area contributed by atoms with Crippen LogP contribution in [0.15, 0.2) is 46.9 Å². The van der Waals surface area contributed by atoms with Crippen LogP contribution in [0, 0.1) is 11.3 Å². The highest BCUT2D eigenvalue weighted by atomic mass is 79.9. The summed E-state index contributed by atoms with van der Waals surface area (Å²) < 4.78 is 30.3. The molecule has 0 aliphatic heterocycles. The molecule has 8 heteroatoms. The molecule has 1 amide bonds. The smallest absolute Gasteiger partial charge is 0.264 e. The monoisotopic (exact) mass is 408 g/mol. The fourth-order valence-electron chi connectivity index (χ4n) is 1.86. The molecule has 0 aliphatic carbocycles. The Bertz CT molecular complexity index is 903. The Labute approximate surface area is 148 Å². The van der Waals surface area contributed by atoms with Crippen molar-refractivity contribution in [1.29, 1.82) is 5.26 Å². The summed E-state index contributed by atoms with van der Waals surface area (Å²) in [6.45, 7) is 0.245. The first-order chi connectivity index (χ1) is 11.3. The summed E-state index contributed by atoms with van der Waals surface area (Å²) in [5.41, 5.74) is 1.51. The largest absolute Gasteiger partial charge is 0.489 e. The maximum absolute atomic E-state index is 11.7. The van der Waals surface area contributed by atoms with Gasteiger partial charge in [0, 0.05) is 10.0 Å². The van der Waals surface area contributed by atoms with E-state index in [1.54, 1.807) is 30.3 Å². The van der Waals surface area contributed by atoms with E-state index in [0.717, 1.165) is 16.3 Å². The van der Waals surface area contributed by atoms with Crippen molar-refractivity contribution < 1.29 is 17.9 Å². The fourth-order valence-corrected chi connectivity index (χ4v) is 2.78. The van der Waals surface area contributed by atoms with Gasteiger partial charge in [-0.3, -0.25) is 4.79 Å². The van der Waals surface area contributed by atoms with Gasteiger partial charge in [-0.05, 0) is 35.9 Å². The molecule has 0 unspecified atom stereocenters. The van der Waals surface area contributed by atoms with E-state index in [0.29, 0.717) is 11.3 Å². The predicted octanol–water partition coefficient (Wildman–Crippen LogP) is 2.59. The second kappa shape index (κ2) is 7.47. The number of nitriles is 1. The van der Waals surface area contributed by atoms with E-state index in [-0.39, 0.29) is 12.2 Å². The number of nitrogens with one attached hydrogen (secondary N) is 1. The SMILES string of the molecule is CS(=O)(=O)NC(=O)c1ccc(COc2cc(Br)cc(C#N)c2)cc1. The van der Waals surface area contributed by atoms with Crippen molar-refractivity contribution in [3.63, 3.8) is 0 Å². The molecule has 2 aromatic rings. The fraction of sp³-hybridized carbons (Fsp3) is 0.125. The minimum atomic E-state index is -3.59. The Kier molecular flexibility index (Phi) is 5.59. The number of rotatable bonds is 5. The third-order valence-corrected chi connectivity index (χ3v) is 3.91. The number of amides is 1. The van der Waals surface area contributed by atoms with Crippen LogP contribution in [-0.4, -0.2) is 20.6 Å². The summed E-state index contributed by atoms with van der Waals surface area (Å²) in [6.07, 6.45) is 0.917. The molecule has 2 aromatic carbocycles. The quantitative estimate of drug-likeness (QED) is 0.819. The van der Waals surface area contributed by atoms with Gasteiger partial charge in [0.2, 0.25) is 10.0 Å². The molecule has 0 aliphatic rings. The molecule has 1 N–H and O–H groups in total. The number of nitrogens with zero attached hydrogens (tertiary/aromatic N) is 1. The van der Waals surface area contributed by atoms with Crippen molar-refractivity contribution >= 4 is 31.9 Å². The van der Waals surface area contributed by atoms with Gasteiger partial charge >= 0.3 is 0 Å². The van der Waals surface area contributed by atoms with Crippen molar-refractivity contribution in [2.24, 2.45) is 0 Å². The minimum absolute atomic E-state index is 0.235. The summed E-state index contributed by atoms with van der Waals surface area (Å²) >= 11 is 3.30. The van der Waals surface area contributed by atoms with Crippen LogP contribution in [0.3, 0.4) is 0 Å². The van der Waals surface area contributed by atoms with Crippen molar-refractivity contribution in [1.82, 2.24) is 4.72 Å². The van der Waals surface area contributed by atoms with Crippen LogP contribution in [-0.2, 0) is 16.6 Å². The molecule has 0 fully saturated rings. The van der Waals surface area contributed by atoms with Crippen molar-refractivity contribution in [3.05, 3.63) is 63.6 Å². The van der Waals surface area contributed by atoms with Gasteiger partial charge in [0.1, 0.15) is 12.4 Å². The van der Waals surface area contributed by atoms with Crippen LogP contribution in [0.5, 0.6) is 5.75 Å². The first kappa shape index (κ1) is 18.0. The highest BCUT2D eigenvalue weighted by Crippen LogP contribution is 2.22. The highest BCUT2D eigenvalue weighted by Gasteiger charge is 2.10. The average molecular weight is 409 g/mol. The molecule has 0 saturated carbocycles. The maximum atomic E-state index is 11.7. The minimum Gasteiger partial charge on any atom is -0.489 e. The summed E-state index contributed by atoms with van der Waals surface area (Å²) in [6, 6.07) is 13.5. The molecule has 124 valence electrons. The van der Waals surface area contributed by atoms with E-state index in [4.69, 9.17) is 10.00 Å². The van der Waals surface area contributed by atoms with Gasteiger partial charge in [-0.25, -0.2) is 13.1 Å². The third kappa shape index (κ3) is 5.37. The van der Waals surface area contributed by atoms with Gasteiger partial charge in [-0.15, -0.1) is 0 Å².